The van der Waals surface area contributed by atoms with Gasteiger partial charge >= 0.3 is 5.97 Å². The van der Waals surface area contributed by atoms with Crippen molar-refractivity contribution in [3.05, 3.63) is 11.6 Å². The average molecular weight is 405 g/mol. The van der Waals surface area contributed by atoms with E-state index in [-0.39, 0.29) is 29.0 Å². The summed E-state index contributed by atoms with van der Waals surface area (Å²) in [4.78, 5) is 36.8. The fourth-order valence-corrected chi connectivity index (χ4v) is 7.73. The van der Waals surface area contributed by atoms with Gasteiger partial charge in [0.15, 0.2) is 11.4 Å². The lowest BCUT2D eigenvalue weighted by Gasteiger charge is -2.60. The zero-order valence-corrected chi connectivity index (χ0v) is 17.6. The highest BCUT2D eigenvalue weighted by molar-refractivity contribution is 5.92. The number of aliphatic hydroxyl groups is 2. The van der Waals surface area contributed by atoms with Gasteiger partial charge in [-0.1, -0.05) is 19.4 Å². The molecule has 4 rings (SSSR count). The van der Waals surface area contributed by atoms with E-state index < -0.39 is 35.5 Å². The number of Topliss-reactive ketones (excluding diaryl/α,β-unsaturated/α-hetero) is 1. The van der Waals surface area contributed by atoms with Crippen molar-refractivity contribution in [1.82, 2.24) is 0 Å². The third-order valence-corrected chi connectivity index (χ3v) is 8.93. The molecule has 6 heteroatoms. The zero-order valence-electron chi connectivity index (χ0n) is 17.6. The van der Waals surface area contributed by atoms with Gasteiger partial charge in [0.1, 0.15) is 6.61 Å². The molecule has 6 nitrogen and oxygen atoms in total. The second-order valence-electron chi connectivity index (χ2n) is 10.1. The number of fused-ring (bicyclic) bond motifs is 5. The predicted octanol–water partition coefficient (Wildman–Crippen LogP) is 2.35. The Balaban J connectivity index is 1.76. The number of hydrogen-bond donors (Lipinski definition) is 2. The molecule has 7 atom stereocenters. The molecule has 160 valence electrons. The van der Waals surface area contributed by atoms with Gasteiger partial charge in [-0.25, -0.2) is 0 Å². The number of esters is 1. The zero-order chi connectivity index (χ0) is 21.2. The van der Waals surface area contributed by atoms with Crippen LogP contribution < -0.4 is 0 Å². The summed E-state index contributed by atoms with van der Waals surface area (Å²) in [7, 11) is 0. The normalized spacial score (nSPS) is 46.2. The first-order valence-electron chi connectivity index (χ1n) is 10.8. The molecule has 0 bridgehead atoms. The number of ether oxygens (including phenoxy) is 1. The highest BCUT2D eigenvalue weighted by atomic mass is 16.6. The minimum atomic E-state index is -1.37. The van der Waals surface area contributed by atoms with Gasteiger partial charge in [-0.15, -0.1) is 0 Å². The molecular weight excluding hydrogens is 372 g/mol. The van der Waals surface area contributed by atoms with Gasteiger partial charge in [0.25, 0.3) is 0 Å². The van der Waals surface area contributed by atoms with Gasteiger partial charge in [0.05, 0.1) is 6.10 Å². The summed E-state index contributed by atoms with van der Waals surface area (Å²) in [6, 6.07) is 0. The first kappa shape index (κ1) is 20.7. The van der Waals surface area contributed by atoms with Crippen LogP contribution in [-0.4, -0.2) is 46.1 Å². The second kappa shape index (κ2) is 6.74. The predicted molar refractivity (Wildman–Crippen MR) is 105 cm³/mol. The topological polar surface area (TPSA) is 101 Å². The molecule has 0 amide bonds. The molecule has 2 N–H and O–H groups in total. The van der Waals surface area contributed by atoms with Crippen LogP contribution in [-0.2, 0) is 19.1 Å². The van der Waals surface area contributed by atoms with Gasteiger partial charge < -0.3 is 14.9 Å². The van der Waals surface area contributed by atoms with E-state index in [0.717, 1.165) is 31.3 Å². The first-order valence-corrected chi connectivity index (χ1v) is 10.8. The lowest BCUT2D eigenvalue weighted by atomic mass is 9.45. The summed E-state index contributed by atoms with van der Waals surface area (Å²) < 4.78 is 5.68. The van der Waals surface area contributed by atoms with Crippen LogP contribution in [0.25, 0.3) is 0 Å². The smallest absolute Gasteiger partial charge is 0.303 e. The molecule has 0 saturated heterocycles. The molecule has 0 unspecified atom stereocenters. The standard InChI is InChI=1S/C23H32O6/c1-13(25)29-23(19(28)12-24)9-7-17-16-5-4-14-10-15(26)6-8-21(14,2)20(16)18(27)11-22(17,23)3/h10,16-18,20,24,27H,4-9,11-12H2,1-3H3/t16-,17-,18+,20-,21+,22+,23+/m1/s1. The molecule has 0 spiro atoms. The van der Waals surface area contributed by atoms with Gasteiger partial charge in [-0.2, -0.15) is 0 Å². The van der Waals surface area contributed by atoms with Crippen molar-refractivity contribution in [3.8, 4) is 0 Å². The fraction of sp³-hybridized carbons (Fsp3) is 0.783. The number of rotatable bonds is 3. The van der Waals surface area contributed by atoms with E-state index in [0.29, 0.717) is 19.3 Å². The Morgan fingerprint density at radius 2 is 1.93 bits per heavy atom. The summed E-state index contributed by atoms with van der Waals surface area (Å²) in [5.41, 5.74) is -1.12. The van der Waals surface area contributed by atoms with Gasteiger partial charge in [-0.05, 0) is 67.8 Å². The quantitative estimate of drug-likeness (QED) is 0.701. The summed E-state index contributed by atoms with van der Waals surface area (Å²) in [6.07, 6.45) is 5.59. The van der Waals surface area contributed by atoms with E-state index in [1.54, 1.807) is 6.08 Å². The monoisotopic (exact) mass is 404 g/mol. The fourth-order valence-electron chi connectivity index (χ4n) is 7.73. The lowest BCUT2D eigenvalue weighted by molar-refractivity contribution is -0.200. The lowest BCUT2D eigenvalue weighted by Crippen LogP contribution is -2.63. The van der Waals surface area contributed by atoms with Crippen molar-refractivity contribution in [2.24, 2.45) is 28.6 Å². The number of carbonyl (C=O) groups is 3. The van der Waals surface area contributed by atoms with E-state index in [4.69, 9.17) is 4.74 Å². The summed E-state index contributed by atoms with van der Waals surface area (Å²) in [5.74, 6) is -0.462. The van der Waals surface area contributed by atoms with Crippen LogP contribution in [0.5, 0.6) is 0 Å². The van der Waals surface area contributed by atoms with Gasteiger partial charge in [0.2, 0.25) is 5.78 Å². The Hall–Kier alpha value is -1.53. The summed E-state index contributed by atoms with van der Waals surface area (Å²) >= 11 is 0. The molecule has 3 saturated carbocycles. The van der Waals surface area contributed by atoms with Gasteiger partial charge in [0, 0.05) is 18.8 Å². The maximum absolute atomic E-state index is 12.9. The molecule has 0 aliphatic heterocycles. The van der Waals surface area contributed by atoms with Crippen LogP contribution in [0.1, 0.15) is 65.7 Å². The van der Waals surface area contributed by atoms with E-state index in [9.17, 15) is 24.6 Å². The van der Waals surface area contributed by atoms with Crippen molar-refractivity contribution in [2.45, 2.75) is 77.4 Å². The molecule has 0 aromatic heterocycles. The van der Waals surface area contributed by atoms with E-state index in [2.05, 4.69) is 6.92 Å². The molecule has 0 aromatic rings. The molecule has 4 aliphatic carbocycles. The average Bonchev–Trinajstić information content (AvgIpc) is 2.93. The number of aliphatic hydroxyl groups excluding tert-OH is 2. The minimum absolute atomic E-state index is 0.0334. The Morgan fingerprint density at radius 1 is 1.21 bits per heavy atom. The van der Waals surface area contributed by atoms with Crippen molar-refractivity contribution in [2.75, 3.05) is 6.61 Å². The maximum atomic E-state index is 12.9. The Bertz CT molecular complexity index is 786. The van der Waals surface area contributed by atoms with Gasteiger partial charge in [-0.3, -0.25) is 14.4 Å². The largest absolute Gasteiger partial charge is 0.451 e. The van der Waals surface area contributed by atoms with Crippen LogP contribution in [0.2, 0.25) is 0 Å². The maximum Gasteiger partial charge on any atom is 0.303 e. The molecule has 29 heavy (non-hydrogen) atoms. The number of carbonyl (C=O) groups excluding carboxylic acids is 3. The Labute approximate surface area is 171 Å². The van der Waals surface area contributed by atoms with E-state index >= 15 is 0 Å². The molecule has 0 radical (unpaired) electrons. The number of allylic oxidation sites excluding steroid dienone is 1. The molecule has 0 heterocycles. The Morgan fingerprint density at radius 3 is 2.59 bits per heavy atom. The van der Waals surface area contributed by atoms with Crippen molar-refractivity contribution in [3.63, 3.8) is 0 Å². The second-order valence-corrected chi connectivity index (χ2v) is 10.1. The van der Waals surface area contributed by atoms with Crippen molar-refractivity contribution < 1.29 is 29.3 Å². The SMILES string of the molecule is CC(=O)O[C@]1(C(=O)CO)CC[C@@H]2[C@H]3CCC4=CC(=O)CC[C@]4(C)[C@H]3[C@@H](O)C[C@@]21C. The van der Waals surface area contributed by atoms with Crippen molar-refractivity contribution >= 4 is 17.5 Å². The Kier molecular flexibility index (Phi) is 4.82. The van der Waals surface area contributed by atoms with Crippen LogP contribution in [0.3, 0.4) is 0 Å². The number of hydrogen-bond acceptors (Lipinski definition) is 6. The van der Waals surface area contributed by atoms with Crippen LogP contribution >= 0.6 is 0 Å². The highest BCUT2D eigenvalue weighted by Gasteiger charge is 2.70. The van der Waals surface area contributed by atoms with Crippen LogP contribution in [0.15, 0.2) is 11.6 Å². The van der Waals surface area contributed by atoms with E-state index in [1.807, 2.05) is 6.92 Å². The minimum Gasteiger partial charge on any atom is -0.451 e. The molecule has 3 fully saturated rings. The first-order chi connectivity index (χ1) is 13.6. The van der Waals surface area contributed by atoms with Crippen LogP contribution in [0, 0.1) is 28.6 Å². The summed E-state index contributed by atoms with van der Waals surface area (Å²) in [5, 5.41) is 21.0. The molecule has 4 aliphatic rings. The summed E-state index contributed by atoms with van der Waals surface area (Å²) in [6.45, 7) is 4.76. The molecular formula is C23H32O6. The third kappa shape index (κ3) is 2.71. The third-order valence-electron chi connectivity index (χ3n) is 8.93. The number of ketones is 2. The molecule has 0 aromatic carbocycles. The van der Waals surface area contributed by atoms with Crippen molar-refractivity contribution in [1.29, 1.82) is 0 Å². The van der Waals surface area contributed by atoms with Crippen LogP contribution in [0.4, 0.5) is 0 Å². The van der Waals surface area contributed by atoms with E-state index in [1.165, 1.54) is 6.92 Å². The highest BCUT2D eigenvalue weighted by Crippen LogP contribution is 2.68.